The van der Waals surface area contributed by atoms with Crippen LogP contribution in [0.2, 0.25) is 0 Å². The molecule has 1 amide bonds. The van der Waals surface area contributed by atoms with Crippen molar-refractivity contribution in [1.82, 2.24) is 24.9 Å². The van der Waals surface area contributed by atoms with Crippen LogP contribution >= 0.6 is 0 Å². The first-order valence-corrected chi connectivity index (χ1v) is 9.21. The van der Waals surface area contributed by atoms with Crippen LogP contribution in [0.3, 0.4) is 0 Å². The lowest BCUT2D eigenvalue weighted by Crippen LogP contribution is -2.33. The molecule has 9 nitrogen and oxygen atoms in total. The second-order valence-corrected chi connectivity index (χ2v) is 7.06. The molecule has 3 rings (SSSR count). The van der Waals surface area contributed by atoms with Crippen molar-refractivity contribution in [3.05, 3.63) is 34.8 Å². The van der Waals surface area contributed by atoms with E-state index in [2.05, 4.69) is 26.7 Å². The van der Waals surface area contributed by atoms with E-state index in [4.69, 9.17) is 4.74 Å². The quantitative estimate of drug-likeness (QED) is 0.768. The van der Waals surface area contributed by atoms with E-state index in [1.165, 1.54) is 0 Å². The maximum Gasteiger partial charge on any atom is 0.223 e. The van der Waals surface area contributed by atoms with Crippen LogP contribution in [0, 0.1) is 31.1 Å². The number of carbonyl (C=O) groups is 1. The average Bonchev–Trinajstić information content (AvgIpc) is 3.23. The van der Waals surface area contributed by atoms with E-state index in [1.54, 1.807) is 18.0 Å². The largest absolute Gasteiger partial charge is 0.383 e. The summed E-state index contributed by atoms with van der Waals surface area (Å²) >= 11 is 0. The highest BCUT2D eigenvalue weighted by Crippen LogP contribution is 2.38. The molecule has 3 heterocycles. The summed E-state index contributed by atoms with van der Waals surface area (Å²) in [4.78, 5) is 14.5. The fourth-order valence-corrected chi connectivity index (χ4v) is 3.64. The highest BCUT2D eigenvalue weighted by atomic mass is 16.5. The summed E-state index contributed by atoms with van der Waals surface area (Å²) < 4.78 is 6.91. The number of aryl methyl sites for hydroxylation is 2. The van der Waals surface area contributed by atoms with E-state index in [9.17, 15) is 10.1 Å². The lowest BCUT2D eigenvalue weighted by atomic mass is 9.95. The zero-order chi connectivity index (χ0) is 20.3. The van der Waals surface area contributed by atoms with E-state index < -0.39 is 0 Å². The van der Waals surface area contributed by atoms with E-state index in [1.807, 2.05) is 32.0 Å². The van der Waals surface area contributed by atoms with Crippen LogP contribution in [0.1, 0.15) is 34.8 Å². The zero-order valence-corrected chi connectivity index (χ0v) is 16.6. The first kappa shape index (κ1) is 19.8. The molecular weight excluding hydrogens is 358 g/mol. The van der Waals surface area contributed by atoms with Crippen molar-refractivity contribution < 1.29 is 9.53 Å². The molecule has 148 valence electrons. The van der Waals surface area contributed by atoms with E-state index in [0.717, 1.165) is 16.8 Å². The number of carbonyl (C=O) groups excluding carboxylic acids is 1. The van der Waals surface area contributed by atoms with Gasteiger partial charge in [0.25, 0.3) is 0 Å². The molecule has 0 aliphatic carbocycles. The predicted octanol–water partition coefficient (Wildman–Crippen LogP) is 1.35. The molecule has 2 aromatic heterocycles. The molecule has 1 N–H and O–H groups in total. The lowest BCUT2D eigenvalue weighted by Gasteiger charge is -2.27. The Morgan fingerprint density at radius 1 is 1.39 bits per heavy atom. The van der Waals surface area contributed by atoms with Gasteiger partial charge >= 0.3 is 0 Å². The van der Waals surface area contributed by atoms with Gasteiger partial charge in [-0.1, -0.05) is 0 Å². The highest BCUT2D eigenvalue weighted by Gasteiger charge is 2.41. The second kappa shape index (κ2) is 8.35. The van der Waals surface area contributed by atoms with Crippen LogP contribution in [0.15, 0.2) is 12.4 Å². The Morgan fingerprint density at radius 2 is 2.18 bits per heavy atom. The van der Waals surface area contributed by atoms with Gasteiger partial charge in [0.15, 0.2) is 5.82 Å². The third-order valence-corrected chi connectivity index (χ3v) is 5.24. The third kappa shape index (κ3) is 3.82. The molecule has 0 aromatic carbocycles. The van der Waals surface area contributed by atoms with Crippen molar-refractivity contribution in [2.24, 2.45) is 13.0 Å². The van der Waals surface area contributed by atoms with Gasteiger partial charge in [-0.25, -0.2) is 0 Å². The van der Waals surface area contributed by atoms with E-state index in [0.29, 0.717) is 37.5 Å². The second-order valence-electron chi connectivity index (χ2n) is 7.06. The first-order valence-electron chi connectivity index (χ1n) is 9.21. The van der Waals surface area contributed by atoms with Gasteiger partial charge < -0.3 is 15.0 Å². The Balaban J connectivity index is 1.83. The number of rotatable bonds is 7. The summed E-state index contributed by atoms with van der Waals surface area (Å²) in [7, 11) is 3.48. The number of aromatic nitrogens is 4. The van der Waals surface area contributed by atoms with Gasteiger partial charge in [0.05, 0.1) is 24.5 Å². The normalized spacial score (nSPS) is 19.1. The molecule has 2 aromatic rings. The first-order chi connectivity index (χ1) is 13.5. The maximum atomic E-state index is 12.6. The molecule has 9 heteroatoms. The predicted molar refractivity (Wildman–Crippen MR) is 102 cm³/mol. The van der Waals surface area contributed by atoms with Crippen LogP contribution in [0.25, 0.3) is 0 Å². The molecule has 1 aliphatic heterocycles. The molecular formula is C19H25N7O2. The summed E-state index contributed by atoms with van der Waals surface area (Å²) in [5.41, 5.74) is 3.03. The Hall–Kier alpha value is -2.99. The number of nitriles is 1. The molecule has 0 radical (unpaired) electrons. The van der Waals surface area contributed by atoms with Gasteiger partial charge in [0, 0.05) is 51.3 Å². The van der Waals surface area contributed by atoms with Gasteiger partial charge in [-0.2, -0.15) is 15.5 Å². The van der Waals surface area contributed by atoms with Gasteiger partial charge in [-0.05, 0) is 19.4 Å². The minimum atomic E-state index is -0.103. The number of anilines is 1. The number of likely N-dealkylation sites (tertiary alicyclic amines) is 1. The van der Waals surface area contributed by atoms with Gasteiger partial charge in [0.2, 0.25) is 5.91 Å². The topological polar surface area (TPSA) is 109 Å². The van der Waals surface area contributed by atoms with Gasteiger partial charge in [-0.3, -0.25) is 9.48 Å². The Kier molecular flexibility index (Phi) is 5.90. The number of hydrogen-bond acceptors (Lipinski definition) is 7. The molecule has 0 spiro atoms. The molecule has 28 heavy (non-hydrogen) atoms. The molecule has 1 aliphatic rings. The van der Waals surface area contributed by atoms with Crippen molar-refractivity contribution in [3.63, 3.8) is 0 Å². The third-order valence-electron chi connectivity index (χ3n) is 5.24. The summed E-state index contributed by atoms with van der Waals surface area (Å²) in [5, 5.41) is 25.2. The van der Waals surface area contributed by atoms with E-state index in [-0.39, 0.29) is 17.9 Å². The van der Waals surface area contributed by atoms with Crippen molar-refractivity contribution in [2.45, 2.75) is 26.3 Å². The Labute approximate surface area is 164 Å². The monoisotopic (exact) mass is 383 g/mol. The van der Waals surface area contributed by atoms with E-state index >= 15 is 0 Å². The Morgan fingerprint density at radius 3 is 2.82 bits per heavy atom. The molecule has 0 bridgehead atoms. The fraction of sp³-hybridized carbons (Fsp3) is 0.526. The number of hydrogen-bond donors (Lipinski definition) is 1. The molecule has 1 fully saturated rings. The van der Waals surface area contributed by atoms with Crippen LogP contribution in [0.4, 0.5) is 5.82 Å². The number of ether oxygens (including phenoxy) is 1. The standard InChI is InChI=1S/C19H25N7O2/c1-12-13(2)23-24-19(16(12)8-20)21-9-14-7-17(27)26(5-6-28-4)18(14)15-10-22-25(3)11-15/h10-11,14,18H,5-7,9H2,1-4H3,(H,21,24)/t14-,18+/m0/s1. The Bertz CT molecular complexity index is 902. The SMILES string of the molecule is COCCN1C(=O)C[C@@H](CNc2nnc(C)c(C)c2C#N)[C@@H]1c1cnn(C)c1. The molecule has 1 saturated heterocycles. The molecule has 0 saturated carbocycles. The summed E-state index contributed by atoms with van der Waals surface area (Å²) in [6.07, 6.45) is 4.15. The average molecular weight is 383 g/mol. The zero-order valence-electron chi connectivity index (χ0n) is 16.6. The minimum absolute atomic E-state index is 0.0171. The summed E-state index contributed by atoms with van der Waals surface area (Å²) in [6.45, 7) is 5.19. The molecule has 0 unspecified atom stereocenters. The van der Waals surface area contributed by atoms with Crippen molar-refractivity contribution in [2.75, 3.05) is 32.1 Å². The lowest BCUT2D eigenvalue weighted by molar-refractivity contribution is -0.129. The molecule has 2 atom stereocenters. The maximum absolute atomic E-state index is 12.6. The smallest absolute Gasteiger partial charge is 0.223 e. The van der Waals surface area contributed by atoms with Gasteiger partial charge in [0.1, 0.15) is 11.6 Å². The van der Waals surface area contributed by atoms with Crippen LogP contribution in [-0.2, 0) is 16.6 Å². The van der Waals surface area contributed by atoms with Crippen molar-refractivity contribution in [3.8, 4) is 6.07 Å². The minimum Gasteiger partial charge on any atom is -0.383 e. The van der Waals surface area contributed by atoms with Crippen molar-refractivity contribution in [1.29, 1.82) is 5.26 Å². The van der Waals surface area contributed by atoms with Crippen LogP contribution in [0.5, 0.6) is 0 Å². The summed E-state index contributed by atoms with van der Waals surface area (Å²) in [6, 6.07) is 2.10. The number of methoxy groups -OCH3 is 1. The van der Waals surface area contributed by atoms with Crippen LogP contribution < -0.4 is 5.32 Å². The van der Waals surface area contributed by atoms with Crippen LogP contribution in [-0.4, -0.2) is 57.6 Å². The van der Waals surface area contributed by atoms with Gasteiger partial charge in [-0.15, -0.1) is 5.10 Å². The summed E-state index contributed by atoms with van der Waals surface area (Å²) in [5.74, 6) is 0.561. The number of nitrogens with zero attached hydrogens (tertiary/aromatic N) is 6. The highest BCUT2D eigenvalue weighted by molar-refractivity contribution is 5.79. The number of nitrogens with one attached hydrogen (secondary N) is 1. The number of amides is 1. The fourth-order valence-electron chi connectivity index (χ4n) is 3.64. The van der Waals surface area contributed by atoms with Crippen molar-refractivity contribution >= 4 is 11.7 Å².